The van der Waals surface area contributed by atoms with Crippen LogP contribution in [0, 0.1) is 12.8 Å². The predicted octanol–water partition coefficient (Wildman–Crippen LogP) is 0.857. The fourth-order valence-electron chi connectivity index (χ4n) is 1.97. The van der Waals surface area contributed by atoms with E-state index in [-0.39, 0.29) is 5.91 Å². The number of pyridine rings is 1. The fraction of sp³-hybridized carbons (Fsp3) is 0.500. The zero-order valence-corrected chi connectivity index (χ0v) is 9.44. The lowest BCUT2D eigenvalue weighted by Gasteiger charge is -2.32. The van der Waals surface area contributed by atoms with Gasteiger partial charge < -0.3 is 11.1 Å². The summed E-state index contributed by atoms with van der Waals surface area (Å²) < 4.78 is 0. The lowest BCUT2D eigenvalue weighted by atomic mass is 9.81. The fourth-order valence-corrected chi connectivity index (χ4v) is 1.97. The monoisotopic (exact) mass is 219 g/mol. The molecule has 0 atom stereocenters. The second-order valence-electron chi connectivity index (χ2n) is 4.56. The van der Waals surface area contributed by atoms with E-state index >= 15 is 0 Å². The van der Waals surface area contributed by atoms with Gasteiger partial charge in [0, 0.05) is 25.0 Å². The molecule has 0 spiro atoms. The molecule has 0 unspecified atom stereocenters. The molecule has 0 radical (unpaired) electrons. The van der Waals surface area contributed by atoms with E-state index < -0.39 is 0 Å². The van der Waals surface area contributed by atoms with Gasteiger partial charge in [0.15, 0.2) is 0 Å². The topological polar surface area (TPSA) is 68.0 Å². The first-order valence-electron chi connectivity index (χ1n) is 5.60. The zero-order valence-electron chi connectivity index (χ0n) is 9.44. The maximum absolute atomic E-state index is 11.7. The Labute approximate surface area is 95.3 Å². The molecule has 1 aromatic heterocycles. The number of nitrogens with two attached hydrogens (primary N) is 1. The van der Waals surface area contributed by atoms with Gasteiger partial charge in [-0.15, -0.1) is 0 Å². The summed E-state index contributed by atoms with van der Waals surface area (Å²) in [6, 6.07) is 2.18. The van der Waals surface area contributed by atoms with E-state index in [2.05, 4.69) is 10.3 Å². The van der Waals surface area contributed by atoms with Crippen molar-refractivity contribution in [2.75, 3.05) is 6.54 Å². The van der Waals surface area contributed by atoms with Gasteiger partial charge in [0.1, 0.15) is 0 Å². The van der Waals surface area contributed by atoms with Crippen molar-refractivity contribution in [3.05, 3.63) is 29.6 Å². The number of nitrogens with one attached hydrogen (secondary N) is 1. The van der Waals surface area contributed by atoms with Gasteiger partial charge in [0.05, 0.1) is 5.56 Å². The largest absolute Gasteiger partial charge is 0.352 e. The summed E-state index contributed by atoms with van der Waals surface area (Å²) >= 11 is 0. The maximum Gasteiger partial charge on any atom is 0.252 e. The Kier molecular flexibility index (Phi) is 3.19. The van der Waals surface area contributed by atoms with Gasteiger partial charge in [-0.25, -0.2) is 0 Å². The van der Waals surface area contributed by atoms with Crippen LogP contribution in [-0.4, -0.2) is 23.5 Å². The molecule has 3 N–H and O–H groups in total. The van der Waals surface area contributed by atoms with Crippen molar-refractivity contribution in [3.63, 3.8) is 0 Å². The smallest absolute Gasteiger partial charge is 0.252 e. The number of aromatic nitrogens is 1. The summed E-state index contributed by atoms with van der Waals surface area (Å²) in [4.78, 5) is 15.7. The van der Waals surface area contributed by atoms with Crippen LogP contribution in [0.1, 0.15) is 28.8 Å². The van der Waals surface area contributed by atoms with Gasteiger partial charge in [-0.05, 0) is 37.3 Å². The van der Waals surface area contributed by atoms with Gasteiger partial charge in [0.25, 0.3) is 5.91 Å². The number of hydrogen-bond acceptors (Lipinski definition) is 3. The Bertz CT molecular complexity index is 386. The minimum absolute atomic E-state index is 0.0447. The molecule has 4 heteroatoms. The molecule has 2 rings (SSSR count). The minimum Gasteiger partial charge on any atom is -0.352 e. The summed E-state index contributed by atoms with van der Waals surface area (Å²) in [5.41, 5.74) is 7.31. The van der Waals surface area contributed by atoms with Gasteiger partial charge in [0.2, 0.25) is 0 Å². The molecule has 0 aliphatic heterocycles. The average molecular weight is 219 g/mol. The summed E-state index contributed by atoms with van der Waals surface area (Å²) in [7, 11) is 0. The minimum atomic E-state index is -0.0447. The molecule has 1 aliphatic rings. The van der Waals surface area contributed by atoms with Crippen LogP contribution < -0.4 is 11.1 Å². The average Bonchev–Trinajstić information content (AvgIpc) is 2.22. The predicted molar refractivity (Wildman–Crippen MR) is 62.0 cm³/mol. The molecule has 1 amide bonds. The van der Waals surface area contributed by atoms with Gasteiger partial charge in [-0.2, -0.15) is 0 Å². The van der Waals surface area contributed by atoms with Crippen molar-refractivity contribution in [1.29, 1.82) is 0 Å². The van der Waals surface area contributed by atoms with E-state index in [4.69, 9.17) is 5.73 Å². The first-order valence-corrected chi connectivity index (χ1v) is 5.60. The molecule has 1 aromatic rings. The van der Waals surface area contributed by atoms with Gasteiger partial charge in [-0.3, -0.25) is 9.78 Å². The van der Waals surface area contributed by atoms with Crippen LogP contribution in [0.15, 0.2) is 18.5 Å². The van der Waals surface area contributed by atoms with E-state index in [1.165, 1.54) is 0 Å². The molecule has 4 nitrogen and oxygen atoms in total. The summed E-state index contributed by atoms with van der Waals surface area (Å²) in [6.07, 6.45) is 5.37. The lowest BCUT2D eigenvalue weighted by Crippen LogP contribution is -2.42. The number of aryl methyl sites for hydroxylation is 1. The summed E-state index contributed by atoms with van der Waals surface area (Å²) in [5, 5.41) is 2.91. The van der Waals surface area contributed by atoms with Crippen LogP contribution in [0.4, 0.5) is 0 Å². The highest BCUT2D eigenvalue weighted by Gasteiger charge is 2.25. The Morgan fingerprint density at radius 3 is 2.94 bits per heavy atom. The van der Waals surface area contributed by atoms with Crippen molar-refractivity contribution >= 4 is 5.91 Å². The molecule has 0 bridgehead atoms. The van der Waals surface area contributed by atoms with Crippen LogP contribution in [0.2, 0.25) is 0 Å². The second kappa shape index (κ2) is 4.61. The van der Waals surface area contributed by atoms with Crippen molar-refractivity contribution in [2.24, 2.45) is 11.7 Å². The Morgan fingerprint density at radius 1 is 1.56 bits per heavy atom. The van der Waals surface area contributed by atoms with Crippen molar-refractivity contribution in [1.82, 2.24) is 10.3 Å². The van der Waals surface area contributed by atoms with E-state index in [0.717, 1.165) is 24.9 Å². The van der Waals surface area contributed by atoms with Crippen LogP contribution in [0.25, 0.3) is 0 Å². The number of carbonyl (C=O) groups excluding carboxylic acids is 1. The molecular weight excluding hydrogens is 202 g/mol. The van der Waals surface area contributed by atoms with Crippen molar-refractivity contribution in [3.8, 4) is 0 Å². The SMILES string of the molecule is Cc1cncc(C(=O)NCC2CC(N)C2)c1. The van der Waals surface area contributed by atoms with E-state index in [1.54, 1.807) is 12.4 Å². The number of rotatable bonds is 3. The Balaban J connectivity index is 1.84. The molecule has 1 aliphatic carbocycles. The molecule has 1 heterocycles. The third-order valence-electron chi connectivity index (χ3n) is 2.96. The van der Waals surface area contributed by atoms with Crippen molar-refractivity contribution in [2.45, 2.75) is 25.8 Å². The number of hydrogen-bond donors (Lipinski definition) is 2. The van der Waals surface area contributed by atoms with E-state index in [0.29, 0.717) is 17.5 Å². The van der Waals surface area contributed by atoms with E-state index in [1.807, 2.05) is 13.0 Å². The molecule has 0 saturated heterocycles. The molecule has 16 heavy (non-hydrogen) atoms. The number of amides is 1. The van der Waals surface area contributed by atoms with Gasteiger partial charge >= 0.3 is 0 Å². The van der Waals surface area contributed by atoms with E-state index in [9.17, 15) is 4.79 Å². The highest BCUT2D eigenvalue weighted by atomic mass is 16.1. The zero-order chi connectivity index (χ0) is 11.5. The normalized spacial score (nSPS) is 23.6. The Hall–Kier alpha value is -1.42. The lowest BCUT2D eigenvalue weighted by molar-refractivity contribution is 0.0935. The molecule has 1 saturated carbocycles. The summed E-state index contributed by atoms with van der Waals surface area (Å²) in [5.74, 6) is 0.508. The molecular formula is C12H17N3O. The molecule has 86 valence electrons. The summed E-state index contributed by atoms with van der Waals surface area (Å²) in [6.45, 7) is 2.65. The number of nitrogens with zero attached hydrogens (tertiary/aromatic N) is 1. The quantitative estimate of drug-likeness (QED) is 0.792. The Morgan fingerprint density at radius 2 is 2.31 bits per heavy atom. The molecule has 0 aromatic carbocycles. The van der Waals surface area contributed by atoms with Gasteiger partial charge in [-0.1, -0.05) is 0 Å². The van der Waals surface area contributed by atoms with Crippen LogP contribution in [0.5, 0.6) is 0 Å². The van der Waals surface area contributed by atoms with Crippen LogP contribution >= 0.6 is 0 Å². The van der Waals surface area contributed by atoms with Crippen LogP contribution in [-0.2, 0) is 0 Å². The highest BCUT2D eigenvalue weighted by Crippen LogP contribution is 2.24. The maximum atomic E-state index is 11.7. The molecule has 1 fully saturated rings. The van der Waals surface area contributed by atoms with Crippen molar-refractivity contribution < 1.29 is 4.79 Å². The number of carbonyl (C=O) groups is 1. The highest BCUT2D eigenvalue weighted by molar-refractivity contribution is 5.93. The standard InChI is InChI=1S/C12H17N3O/c1-8-2-10(7-14-5-8)12(16)15-6-9-3-11(13)4-9/h2,5,7,9,11H,3-4,6,13H2,1H3,(H,15,16). The van der Waals surface area contributed by atoms with Crippen LogP contribution in [0.3, 0.4) is 0 Å². The second-order valence-corrected chi connectivity index (χ2v) is 4.56. The first-order chi connectivity index (χ1) is 7.65. The third kappa shape index (κ3) is 2.58. The third-order valence-corrected chi connectivity index (χ3v) is 2.96. The first kappa shape index (κ1) is 11.1.